The van der Waals surface area contributed by atoms with Gasteiger partial charge in [-0.15, -0.1) is 0 Å². The van der Waals surface area contributed by atoms with Crippen LogP contribution in [-0.4, -0.2) is 70.3 Å². The monoisotopic (exact) mass is 416 g/mol. The number of carbonyl (C=O) groups excluding carboxylic acids is 2. The Bertz CT molecular complexity index is 857. The Hall–Kier alpha value is -2.73. The number of aliphatic hydroxyl groups is 1. The van der Waals surface area contributed by atoms with Crippen molar-refractivity contribution in [3.8, 4) is 0 Å². The number of amides is 2. The quantitative estimate of drug-likeness (QED) is 0.128. The first-order valence-corrected chi connectivity index (χ1v) is 8.98. The SMILES string of the molecule is CC(O)(NC(=O)c1ccc(B(O)O)cc1)OCCNC(=O)c1ccc(B(O)O)cc1. The molecule has 0 aliphatic carbocycles. The minimum Gasteiger partial charge on any atom is -0.423 e. The Morgan fingerprint density at radius 3 is 1.73 bits per heavy atom. The van der Waals surface area contributed by atoms with E-state index in [0.29, 0.717) is 5.56 Å². The topological polar surface area (TPSA) is 169 Å². The zero-order chi connectivity index (χ0) is 22.3. The van der Waals surface area contributed by atoms with Crippen molar-refractivity contribution in [3.05, 3.63) is 59.7 Å². The molecule has 2 aromatic rings. The number of carbonyl (C=O) groups is 2. The van der Waals surface area contributed by atoms with E-state index in [1.807, 2.05) is 0 Å². The summed E-state index contributed by atoms with van der Waals surface area (Å²) in [4.78, 5) is 24.2. The van der Waals surface area contributed by atoms with Gasteiger partial charge in [-0.05, 0) is 35.2 Å². The summed E-state index contributed by atoms with van der Waals surface area (Å²) in [5.74, 6) is -3.07. The predicted octanol–water partition coefficient (Wildman–Crippen LogP) is -3.11. The molecule has 0 bridgehead atoms. The van der Waals surface area contributed by atoms with Crippen LogP contribution in [0.4, 0.5) is 0 Å². The lowest BCUT2D eigenvalue weighted by Gasteiger charge is -2.25. The van der Waals surface area contributed by atoms with Crippen molar-refractivity contribution in [2.45, 2.75) is 12.8 Å². The van der Waals surface area contributed by atoms with Crippen molar-refractivity contribution in [1.82, 2.24) is 10.6 Å². The Labute approximate surface area is 173 Å². The molecule has 1 atom stereocenters. The lowest BCUT2D eigenvalue weighted by Crippen LogP contribution is -2.49. The van der Waals surface area contributed by atoms with E-state index in [9.17, 15) is 14.7 Å². The normalized spacial score (nSPS) is 12.6. The summed E-state index contributed by atoms with van der Waals surface area (Å²) >= 11 is 0. The number of hydrogen-bond acceptors (Lipinski definition) is 8. The Morgan fingerprint density at radius 1 is 0.867 bits per heavy atom. The molecule has 12 heteroatoms. The highest BCUT2D eigenvalue weighted by atomic mass is 16.6. The van der Waals surface area contributed by atoms with Gasteiger partial charge in [0.2, 0.25) is 5.91 Å². The summed E-state index contributed by atoms with van der Waals surface area (Å²) in [6, 6.07) is 11.1. The van der Waals surface area contributed by atoms with Crippen LogP contribution < -0.4 is 21.6 Å². The molecule has 10 nitrogen and oxygen atoms in total. The number of rotatable bonds is 9. The molecular formula is C18H22B2N2O8. The fraction of sp³-hybridized carbons (Fsp3) is 0.222. The molecule has 0 aliphatic rings. The van der Waals surface area contributed by atoms with Crippen LogP contribution in [-0.2, 0) is 4.74 Å². The molecule has 0 heterocycles. The van der Waals surface area contributed by atoms with Crippen molar-refractivity contribution in [2.24, 2.45) is 0 Å². The van der Waals surface area contributed by atoms with Gasteiger partial charge >= 0.3 is 14.2 Å². The molecule has 158 valence electrons. The van der Waals surface area contributed by atoms with E-state index in [4.69, 9.17) is 24.8 Å². The summed E-state index contributed by atoms with van der Waals surface area (Å²) in [6.45, 7) is 1.15. The number of hydrogen-bond donors (Lipinski definition) is 7. The molecule has 0 fully saturated rings. The molecule has 0 saturated heterocycles. The van der Waals surface area contributed by atoms with Gasteiger partial charge in [-0.25, -0.2) is 0 Å². The van der Waals surface area contributed by atoms with Crippen molar-refractivity contribution in [2.75, 3.05) is 13.2 Å². The molecule has 0 aliphatic heterocycles. The minimum absolute atomic E-state index is 0.0400. The van der Waals surface area contributed by atoms with E-state index in [-0.39, 0.29) is 29.6 Å². The van der Waals surface area contributed by atoms with E-state index in [0.717, 1.165) is 0 Å². The maximum Gasteiger partial charge on any atom is 0.488 e. The first kappa shape index (κ1) is 23.5. The van der Waals surface area contributed by atoms with Crippen LogP contribution in [0.25, 0.3) is 0 Å². The second-order valence-corrected chi connectivity index (χ2v) is 6.53. The van der Waals surface area contributed by atoms with E-state index in [2.05, 4.69) is 10.6 Å². The van der Waals surface area contributed by atoms with Gasteiger partial charge in [0.25, 0.3) is 11.8 Å². The molecule has 2 amide bonds. The molecule has 7 N–H and O–H groups in total. The third-order valence-corrected chi connectivity index (χ3v) is 4.06. The largest absolute Gasteiger partial charge is 0.488 e. The average molecular weight is 416 g/mol. The van der Waals surface area contributed by atoms with Gasteiger partial charge in [-0.1, -0.05) is 24.3 Å². The van der Waals surface area contributed by atoms with Gasteiger partial charge in [0, 0.05) is 24.6 Å². The van der Waals surface area contributed by atoms with E-state index in [1.54, 1.807) is 0 Å². The number of nitrogens with one attached hydrogen (secondary N) is 2. The van der Waals surface area contributed by atoms with Gasteiger partial charge in [-0.2, -0.15) is 0 Å². The predicted molar refractivity (Wildman–Crippen MR) is 109 cm³/mol. The standard InChI is InChI=1S/C18H22B2N2O8/c1-18(25,22-17(24)13-4-8-15(9-5-13)20(28)29)30-11-10-21-16(23)12-2-6-14(7-3-12)19(26)27/h2-9,25-29H,10-11H2,1H3,(H,21,23)(H,22,24). The Balaban J connectivity index is 1.78. The molecular weight excluding hydrogens is 394 g/mol. The van der Waals surface area contributed by atoms with Crippen LogP contribution in [0.2, 0.25) is 0 Å². The van der Waals surface area contributed by atoms with E-state index >= 15 is 0 Å². The van der Waals surface area contributed by atoms with Gasteiger partial charge in [0.15, 0.2) is 0 Å². The molecule has 2 rings (SSSR count). The van der Waals surface area contributed by atoms with Crippen molar-refractivity contribution in [3.63, 3.8) is 0 Å². The Morgan fingerprint density at radius 2 is 1.30 bits per heavy atom. The van der Waals surface area contributed by atoms with Gasteiger partial charge < -0.3 is 40.6 Å². The summed E-state index contributed by atoms with van der Waals surface area (Å²) in [5, 5.41) is 51.2. The van der Waals surface area contributed by atoms with Crippen molar-refractivity contribution < 1.29 is 39.5 Å². The molecule has 0 spiro atoms. The molecule has 0 saturated carbocycles. The average Bonchev–Trinajstić information content (AvgIpc) is 2.70. The first-order chi connectivity index (χ1) is 14.1. The summed E-state index contributed by atoms with van der Waals surface area (Å²) in [7, 11) is -3.27. The molecule has 2 aromatic carbocycles. The second kappa shape index (κ2) is 10.3. The van der Waals surface area contributed by atoms with E-state index in [1.165, 1.54) is 55.5 Å². The van der Waals surface area contributed by atoms with Gasteiger partial charge in [0.05, 0.1) is 6.61 Å². The summed E-state index contributed by atoms with van der Waals surface area (Å²) in [6.07, 6.45) is 0. The zero-order valence-corrected chi connectivity index (χ0v) is 16.1. The second-order valence-electron chi connectivity index (χ2n) is 6.53. The van der Waals surface area contributed by atoms with Crippen LogP contribution in [0.1, 0.15) is 27.6 Å². The molecule has 30 heavy (non-hydrogen) atoms. The Kier molecular flexibility index (Phi) is 8.12. The zero-order valence-electron chi connectivity index (χ0n) is 16.1. The first-order valence-electron chi connectivity index (χ1n) is 8.98. The van der Waals surface area contributed by atoms with Crippen molar-refractivity contribution >= 4 is 37.0 Å². The van der Waals surface area contributed by atoms with E-state index < -0.39 is 32.0 Å². The lowest BCUT2D eigenvalue weighted by atomic mass is 9.80. The van der Waals surface area contributed by atoms with Crippen LogP contribution in [0, 0.1) is 0 Å². The van der Waals surface area contributed by atoms with Crippen LogP contribution in [0.3, 0.4) is 0 Å². The van der Waals surface area contributed by atoms with Gasteiger partial charge in [-0.3, -0.25) is 9.59 Å². The van der Waals surface area contributed by atoms with Crippen molar-refractivity contribution in [1.29, 1.82) is 0 Å². The van der Waals surface area contributed by atoms with Gasteiger partial charge in [0.1, 0.15) is 0 Å². The minimum atomic E-state index is -2.00. The van der Waals surface area contributed by atoms with Crippen LogP contribution in [0.15, 0.2) is 48.5 Å². The summed E-state index contributed by atoms with van der Waals surface area (Å²) < 4.78 is 5.18. The third-order valence-electron chi connectivity index (χ3n) is 4.06. The smallest absolute Gasteiger partial charge is 0.423 e. The fourth-order valence-electron chi connectivity index (χ4n) is 2.45. The number of ether oxygens (including phenoxy) is 1. The lowest BCUT2D eigenvalue weighted by molar-refractivity contribution is -0.201. The maximum atomic E-state index is 12.2. The summed E-state index contributed by atoms with van der Waals surface area (Å²) in [5.41, 5.74) is 0.945. The molecule has 0 aromatic heterocycles. The highest BCUT2D eigenvalue weighted by molar-refractivity contribution is 6.58. The molecule has 1 unspecified atom stereocenters. The molecule has 0 radical (unpaired) electrons. The van der Waals surface area contributed by atoms with Crippen LogP contribution in [0.5, 0.6) is 0 Å². The third kappa shape index (κ3) is 6.95. The highest BCUT2D eigenvalue weighted by Crippen LogP contribution is 2.05. The maximum absolute atomic E-state index is 12.2. The number of benzene rings is 2. The highest BCUT2D eigenvalue weighted by Gasteiger charge is 2.24. The fourth-order valence-corrected chi connectivity index (χ4v) is 2.45. The van der Waals surface area contributed by atoms with Crippen LogP contribution >= 0.6 is 0 Å².